The van der Waals surface area contributed by atoms with Gasteiger partial charge in [0.1, 0.15) is 11.6 Å². The molecule has 0 saturated carbocycles. The number of hydrogen-bond donors (Lipinski definition) is 1. The summed E-state index contributed by atoms with van der Waals surface area (Å²) in [5.74, 6) is 1.05. The number of hydrogen-bond acceptors (Lipinski definition) is 3. The van der Waals surface area contributed by atoms with E-state index in [0.29, 0.717) is 0 Å². The van der Waals surface area contributed by atoms with Crippen LogP contribution in [0, 0.1) is 0 Å². The van der Waals surface area contributed by atoms with E-state index in [1.807, 2.05) is 24.4 Å². The smallest absolute Gasteiger partial charge is 0.138 e. The zero-order valence-corrected chi connectivity index (χ0v) is 24.0. The molecule has 1 N–H and O–H groups in total. The van der Waals surface area contributed by atoms with Gasteiger partial charge >= 0.3 is 0 Å². The molecule has 3 aromatic carbocycles. The van der Waals surface area contributed by atoms with Gasteiger partial charge in [0, 0.05) is 28.1 Å². The lowest BCUT2D eigenvalue weighted by Crippen LogP contribution is -2.13. The third kappa shape index (κ3) is 4.54. The molecule has 200 valence electrons. The van der Waals surface area contributed by atoms with Crippen molar-refractivity contribution in [1.29, 1.82) is 0 Å². The van der Waals surface area contributed by atoms with E-state index in [2.05, 4.69) is 113 Å². The summed E-state index contributed by atoms with van der Waals surface area (Å²) < 4.78 is 2.25. The number of fused-ring (bicyclic) bond motifs is 3. The number of phenolic OH excluding ortho intramolecular Hbond substituents is 1. The van der Waals surface area contributed by atoms with Gasteiger partial charge < -0.3 is 5.11 Å². The minimum absolute atomic E-state index is 0.0351. The van der Waals surface area contributed by atoms with Crippen molar-refractivity contribution in [3.05, 3.63) is 108 Å². The largest absolute Gasteiger partial charge is 0.507 e. The molecular weight excluding hydrogens is 490 g/mol. The van der Waals surface area contributed by atoms with Crippen molar-refractivity contribution < 1.29 is 5.11 Å². The first-order chi connectivity index (χ1) is 19.0. The van der Waals surface area contributed by atoms with Gasteiger partial charge in [0.25, 0.3) is 0 Å². The summed E-state index contributed by atoms with van der Waals surface area (Å²) in [5.41, 5.74) is 7.99. The lowest BCUT2D eigenvalue weighted by Gasteiger charge is -2.22. The predicted octanol–water partition coefficient (Wildman–Crippen LogP) is 9.21. The van der Waals surface area contributed by atoms with Crippen molar-refractivity contribution >= 4 is 21.8 Å². The van der Waals surface area contributed by atoms with Crippen molar-refractivity contribution in [3.8, 4) is 34.1 Å². The number of benzene rings is 3. The molecule has 0 radical (unpaired) electrons. The van der Waals surface area contributed by atoms with Gasteiger partial charge in [0.15, 0.2) is 0 Å². The van der Waals surface area contributed by atoms with Crippen molar-refractivity contribution in [3.63, 3.8) is 0 Å². The molecule has 0 aliphatic heterocycles. The molecule has 4 heteroatoms. The highest BCUT2D eigenvalue weighted by atomic mass is 16.3. The van der Waals surface area contributed by atoms with E-state index in [9.17, 15) is 5.11 Å². The van der Waals surface area contributed by atoms with Crippen LogP contribution in [0.4, 0.5) is 0 Å². The Morgan fingerprint density at radius 1 is 0.625 bits per heavy atom. The van der Waals surface area contributed by atoms with E-state index < -0.39 is 0 Å². The fraction of sp³-hybridized carbons (Fsp3) is 0.222. The molecule has 3 aromatic heterocycles. The Balaban J connectivity index is 1.65. The van der Waals surface area contributed by atoms with Crippen LogP contribution in [0.25, 0.3) is 50.1 Å². The van der Waals surface area contributed by atoms with Crippen molar-refractivity contribution in [2.24, 2.45) is 0 Å². The highest BCUT2D eigenvalue weighted by Crippen LogP contribution is 2.38. The average molecular weight is 526 g/mol. The lowest BCUT2D eigenvalue weighted by atomic mass is 9.86. The topological polar surface area (TPSA) is 50.9 Å². The molecule has 4 nitrogen and oxygen atoms in total. The standard InChI is InChI=1S/C36H35N3O/c1-35(2,3)24-17-18-37-29(20-24)23-15-16-27-26-11-7-9-13-31(26)39(32(27)19-23)34-22-25(36(4,5)6)21-30(38-34)28-12-8-10-14-33(28)40/h7-22,40H,1-6H3. The molecule has 3 heterocycles. The second-order valence-electron chi connectivity index (χ2n) is 12.6. The van der Waals surface area contributed by atoms with Crippen LogP contribution in [0.15, 0.2) is 97.2 Å². The Hall–Kier alpha value is -4.44. The van der Waals surface area contributed by atoms with Gasteiger partial charge in [-0.1, -0.05) is 84.0 Å². The first kappa shape index (κ1) is 25.8. The number of aromatic hydroxyl groups is 1. The van der Waals surface area contributed by atoms with E-state index in [0.717, 1.165) is 44.9 Å². The summed E-state index contributed by atoms with van der Waals surface area (Å²) in [7, 11) is 0. The zero-order chi connectivity index (χ0) is 28.2. The Bertz CT molecular complexity index is 1880. The molecule has 0 amide bonds. The second-order valence-corrected chi connectivity index (χ2v) is 12.6. The molecule has 0 fully saturated rings. The van der Waals surface area contributed by atoms with Gasteiger partial charge in [-0.2, -0.15) is 0 Å². The Morgan fingerprint density at radius 3 is 2.05 bits per heavy atom. The van der Waals surface area contributed by atoms with Crippen LogP contribution in [0.2, 0.25) is 0 Å². The first-order valence-electron chi connectivity index (χ1n) is 13.8. The zero-order valence-electron chi connectivity index (χ0n) is 24.0. The van der Waals surface area contributed by atoms with E-state index >= 15 is 0 Å². The molecule has 0 unspecified atom stereocenters. The van der Waals surface area contributed by atoms with Crippen LogP contribution in [0.1, 0.15) is 52.7 Å². The number of pyridine rings is 2. The highest BCUT2D eigenvalue weighted by molar-refractivity contribution is 6.10. The third-order valence-electron chi connectivity index (χ3n) is 7.68. The van der Waals surface area contributed by atoms with Crippen LogP contribution >= 0.6 is 0 Å². The summed E-state index contributed by atoms with van der Waals surface area (Å²) in [5, 5.41) is 13.0. The van der Waals surface area contributed by atoms with E-state index in [1.54, 1.807) is 6.07 Å². The van der Waals surface area contributed by atoms with Crippen LogP contribution in [-0.2, 0) is 10.8 Å². The maximum Gasteiger partial charge on any atom is 0.138 e. The van der Waals surface area contributed by atoms with E-state index in [-0.39, 0.29) is 16.6 Å². The maximum absolute atomic E-state index is 10.7. The minimum Gasteiger partial charge on any atom is -0.507 e. The quantitative estimate of drug-likeness (QED) is 0.250. The molecule has 6 rings (SSSR count). The van der Waals surface area contributed by atoms with Gasteiger partial charge in [-0.25, -0.2) is 4.98 Å². The fourth-order valence-corrected chi connectivity index (χ4v) is 5.32. The number of nitrogens with zero attached hydrogens (tertiary/aromatic N) is 3. The number of rotatable bonds is 3. The monoisotopic (exact) mass is 525 g/mol. The van der Waals surface area contributed by atoms with Gasteiger partial charge in [-0.15, -0.1) is 0 Å². The lowest BCUT2D eigenvalue weighted by molar-refractivity contribution is 0.477. The van der Waals surface area contributed by atoms with Crippen molar-refractivity contribution in [1.82, 2.24) is 14.5 Å². The predicted molar refractivity (Wildman–Crippen MR) is 166 cm³/mol. The Morgan fingerprint density at radius 2 is 1.30 bits per heavy atom. The maximum atomic E-state index is 10.7. The van der Waals surface area contributed by atoms with Crippen molar-refractivity contribution in [2.45, 2.75) is 52.4 Å². The molecule has 0 saturated heterocycles. The highest BCUT2D eigenvalue weighted by Gasteiger charge is 2.21. The average Bonchev–Trinajstić information content (AvgIpc) is 3.26. The van der Waals surface area contributed by atoms with E-state index in [1.165, 1.54) is 16.3 Å². The third-order valence-corrected chi connectivity index (χ3v) is 7.68. The van der Waals surface area contributed by atoms with Crippen LogP contribution in [0.5, 0.6) is 5.75 Å². The number of aromatic nitrogens is 3. The normalized spacial score (nSPS) is 12.3. The van der Waals surface area contributed by atoms with Gasteiger partial charge in [-0.3, -0.25) is 9.55 Å². The Kier molecular flexibility index (Phi) is 6.03. The molecule has 0 aliphatic rings. The summed E-state index contributed by atoms with van der Waals surface area (Å²) in [6.45, 7) is 13.3. The van der Waals surface area contributed by atoms with E-state index in [4.69, 9.17) is 9.97 Å². The van der Waals surface area contributed by atoms with Crippen LogP contribution < -0.4 is 0 Å². The number of para-hydroxylation sites is 2. The summed E-state index contributed by atoms with van der Waals surface area (Å²) in [6.07, 6.45) is 1.91. The molecule has 6 aromatic rings. The number of phenols is 1. The molecule has 40 heavy (non-hydrogen) atoms. The SMILES string of the molecule is CC(C)(C)c1ccnc(-c2ccc3c4ccccc4n(-c4cc(C(C)(C)C)cc(-c5ccccc5O)n4)c3c2)c1. The summed E-state index contributed by atoms with van der Waals surface area (Å²) in [4.78, 5) is 9.90. The van der Waals surface area contributed by atoms with Crippen molar-refractivity contribution in [2.75, 3.05) is 0 Å². The second kappa shape index (κ2) is 9.34. The van der Waals surface area contributed by atoms with Crippen LogP contribution in [-0.4, -0.2) is 19.6 Å². The summed E-state index contributed by atoms with van der Waals surface area (Å²) >= 11 is 0. The summed E-state index contributed by atoms with van der Waals surface area (Å²) in [6, 6.07) is 31.1. The van der Waals surface area contributed by atoms with Gasteiger partial charge in [0.05, 0.1) is 22.4 Å². The molecular formula is C36H35N3O. The van der Waals surface area contributed by atoms with Crippen LogP contribution in [0.3, 0.4) is 0 Å². The molecule has 0 atom stereocenters. The molecule has 0 bridgehead atoms. The molecule has 0 aliphatic carbocycles. The molecule has 0 spiro atoms. The Labute approximate surface area is 236 Å². The fourth-order valence-electron chi connectivity index (χ4n) is 5.32. The van der Waals surface area contributed by atoms with Gasteiger partial charge in [-0.05, 0) is 70.5 Å². The first-order valence-corrected chi connectivity index (χ1v) is 13.8. The van der Waals surface area contributed by atoms with Gasteiger partial charge in [0.2, 0.25) is 0 Å². The minimum atomic E-state index is -0.113.